The average molecular weight is 611 g/mol. The summed E-state index contributed by atoms with van der Waals surface area (Å²) in [5.74, 6) is -3.71. The molecule has 10 atom stereocenters. The fraction of sp³-hybridized carbons (Fsp3) is 0.444. The number of phenolic OH excluding ortho intramolecular Hbond substituents is 3. The SMILES string of the molecule is C[C@@H]1O[C@@H](OC[C@H]2O[C@@H](Oc3c(O)cc(O)c4c(=O)c(O)c(-c5ccc(O)cc5)oc34)[C@H](O)[C@@H](O)[C@@H]2O)[C@H](O)[C@H](O)[C@H]1O. The molecule has 0 bridgehead atoms. The van der Waals surface area contributed by atoms with Gasteiger partial charge in [0.2, 0.25) is 23.2 Å². The van der Waals surface area contributed by atoms with Crippen LogP contribution >= 0.6 is 0 Å². The molecule has 3 aromatic rings. The number of aromatic hydroxyl groups is 4. The van der Waals surface area contributed by atoms with E-state index in [0.29, 0.717) is 6.07 Å². The standard InChI is InChI=1S/C27H30O16/c1-8-15(31)18(34)21(37)26(40-8)39-7-13-16(32)19(35)22(38)27(41-13)43-24-12(30)6-11(29)14-17(33)20(36)23(42-25(14)24)9-2-4-10(28)5-3-9/h2-6,8,13,15-16,18-19,21-22,26-32,34-38H,7H2,1H3/t8-,13+,15-,16+,18+,19-,21+,22+,26+,27-/m0/s1. The van der Waals surface area contributed by atoms with Crippen molar-refractivity contribution < 1.29 is 74.4 Å². The van der Waals surface area contributed by atoms with Gasteiger partial charge in [-0.25, -0.2) is 0 Å². The first-order valence-corrected chi connectivity index (χ1v) is 13.0. The summed E-state index contributed by atoms with van der Waals surface area (Å²) in [5, 5.41) is 102. The topological polar surface area (TPSA) is 269 Å². The van der Waals surface area contributed by atoms with Crippen LogP contribution in [0.1, 0.15) is 6.92 Å². The molecule has 43 heavy (non-hydrogen) atoms. The molecule has 3 heterocycles. The smallest absolute Gasteiger partial charge is 0.238 e. The van der Waals surface area contributed by atoms with Gasteiger partial charge in [0.15, 0.2) is 23.4 Å². The molecule has 0 saturated carbocycles. The van der Waals surface area contributed by atoms with Gasteiger partial charge >= 0.3 is 0 Å². The van der Waals surface area contributed by atoms with Gasteiger partial charge in [0.05, 0.1) is 12.7 Å². The number of rotatable bonds is 6. The van der Waals surface area contributed by atoms with Crippen LogP contribution in [0.15, 0.2) is 39.5 Å². The van der Waals surface area contributed by atoms with Crippen molar-refractivity contribution in [1.82, 2.24) is 0 Å². The van der Waals surface area contributed by atoms with E-state index in [1.165, 1.54) is 31.2 Å². The van der Waals surface area contributed by atoms with E-state index in [2.05, 4.69) is 0 Å². The van der Waals surface area contributed by atoms with Crippen LogP contribution in [0.4, 0.5) is 0 Å². The fourth-order valence-electron chi connectivity index (χ4n) is 4.83. The van der Waals surface area contributed by atoms with Crippen LogP contribution in [-0.4, -0.2) is 119 Å². The molecule has 2 fully saturated rings. The third-order valence-electron chi connectivity index (χ3n) is 7.32. The largest absolute Gasteiger partial charge is 0.508 e. The fourth-order valence-corrected chi connectivity index (χ4v) is 4.83. The van der Waals surface area contributed by atoms with Crippen molar-refractivity contribution >= 4 is 11.0 Å². The number of benzene rings is 2. The lowest BCUT2D eigenvalue weighted by atomic mass is 9.98. The molecule has 0 spiro atoms. The first-order chi connectivity index (χ1) is 20.3. The van der Waals surface area contributed by atoms with Gasteiger partial charge in [-0.2, -0.15) is 0 Å². The predicted molar refractivity (Wildman–Crippen MR) is 140 cm³/mol. The van der Waals surface area contributed by atoms with Crippen LogP contribution in [0.25, 0.3) is 22.3 Å². The summed E-state index contributed by atoms with van der Waals surface area (Å²) in [6.45, 7) is 0.823. The van der Waals surface area contributed by atoms with E-state index in [1.54, 1.807) is 0 Å². The molecule has 2 aliphatic heterocycles. The first kappa shape index (κ1) is 30.7. The van der Waals surface area contributed by atoms with Gasteiger partial charge in [-0.3, -0.25) is 4.79 Å². The van der Waals surface area contributed by atoms with Gasteiger partial charge in [-0.15, -0.1) is 0 Å². The van der Waals surface area contributed by atoms with Crippen LogP contribution in [0.5, 0.6) is 28.7 Å². The number of hydrogen-bond donors (Lipinski definition) is 10. The van der Waals surface area contributed by atoms with E-state index < -0.39 is 113 Å². The van der Waals surface area contributed by atoms with Crippen molar-refractivity contribution in [2.24, 2.45) is 0 Å². The molecule has 2 aromatic carbocycles. The van der Waals surface area contributed by atoms with Crippen molar-refractivity contribution in [2.75, 3.05) is 6.61 Å². The minimum absolute atomic E-state index is 0.117. The van der Waals surface area contributed by atoms with Gasteiger partial charge in [0.1, 0.15) is 59.6 Å². The Labute approximate surface area is 241 Å². The van der Waals surface area contributed by atoms with Crippen molar-refractivity contribution in [2.45, 2.75) is 68.3 Å². The monoisotopic (exact) mass is 610 g/mol. The third-order valence-corrected chi connectivity index (χ3v) is 7.32. The van der Waals surface area contributed by atoms with Crippen LogP contribution in [0, 0.1) is 0 Å². The summed E-state index contributed by atoms with van der Waals surface area (Å²) in [4.78, 5) is 13.0. The molecule has 5 rings (SSSR count). The quantitative estimate of drug-likeness (QED) is 0.149. The maximum absolute atomic E-state index is 13.0. The minimum Gasteiger partial charge on any atom is -0.508 e. The van der Waals surface area contributed by atoms with Gasteiger partial charge in [0, 0.05) is 11.6 Å². The number of aliphatic hydroxyl groups excluding tert-OH is 6. The number of hydrogen-bond acceptors (Lipinski definition) is 16. The second-order valence-corrected chi connectivity index (χ2v) is 10.3. The lowest BCUT2D eigenvalue weighted by Gasteiger charge is -2.42. The van der Waals surface area contributed by atoms with Gasteiger partial charge < -0.3 is 74.4 Å². The Morgan fingerprint density at radius 1 is 0.767 bits per heavy atom. The molecule has 0 aliphatic carbocycles. The Bertz CT molecular complexity index is 1520. The maximum Gasteiger partial charge on any atom is 0.238 e. The zero-order valence-electron chi connectivity index (χ0n) is 22.3. The molecule has 234 valence electrons. The Kier molecular flexibility index (Phi) is 8.41. The van der Waals surface area contributed by atoms with Crippen molar-refractivity contribution in [3.63, 3.8) is 0 Å². The van der Waals surface area contributed by atoms with Crippen LogP contribution in [-0.2, 0) is 14.2 Å². The van der Waals surface area contributed by atoms with E-state index in [9.17, 15) is 55.9 Å². The Hall–Kier alpha value is -3.71. The highest BCUT2D eigenvalue weighted by molar-refractivity contribution is 5.93. The summed E-state index contributed by atoms with van der Waals surface area (Å²) < 4.78 is 27.6. The molecule has 0 amide bonds. The van der Waals surface area contributed by atoms with E-state index in [4.69, 9.17) is 23.4 Å². The van der Waals surface area contributed by atoms with E-state index >= 15 is 0 Å². The summed E-state index contributed by atoms with van der Waals surface area (Å²) in [5.41, 5.74) is -1.59. The molecule has 1 aromatic heterocycles. The second-order valence-electron chi connectivity index (χ2n) is 10.3. The molecule has 2 saturated heterocycles. The van der Waals surface area contributed by atoms with E-state index in [-0.39, 0.29) is 11.3 Å². The molecule has 0 radical (unpaired) electrons. The highest BCUT2D eigenvalue weighted by Crippen LogP contribution is 2.44. The molecule has 0 unspecified atom stereocenters. The number of fused-ring (bicyclic) bond motifs is 1. The Morgan fingerprint density at radius 3 is 2.07 bits per heavy atom. The van der Waals surface area contributed by atoms with Gasteiger partial charge in [-0.05, 0) is 31.2 Å². The van der Waals surface area contributed by atoms with Crippen LogP contribution < -0.4 is 10.2 Å². The molecular formula is C27H30O16. The third kappa shape index (κ3) is 5.55. The van der Waals surface area contributed by atoms with Crippen molar-refractivity contribution in [3.05, 3.63) is 40.6 Å². The maximum atomic E-state index is 13.0. The minimum atomic E-state index is -1.96. The Balaban J connectivity index is 1.46. The normalized spacial score (nSPS) is 33.0. The zero-order chi connectivity index (χ0) is 31.3. The summed E-state index contributed by atoms with van der Waals surface area (Å²) in [6, 6.07) is 5.83. The lowest BCUT2D eigenvalue weighted by molar-refractivity contribution is -0.318. The summed E-state index contributed by atoms with van der Waals surface area (Å²) in [6.07, 6.45) is -16.1. The second kappa shape index (κ2) is 11.8. The highest BCUT2D eigenvalue weighted by atomic mass is 16.7. The molecule has 2 aliphatic rings. The molecule has 16 heteroatoms. The zero-order valence-corrected chi connectivity index (χ0v) is 22.3. The Morgan fingerprint density at radius 2 is 1.40 bits per heavy atom. The van der Waals surface area contributed by atoms with Gasteiger partial charge in [-0.1, -0.05) is 0 Å². The predicted octanol–water partition coefficient (Wildman–Crippen LogP) is -1.69. The summed E-state index contributed by atoms with van der Waals surface area (Å²) >= 11 is 0. The van der Waals surface area contributed by atoms with Crippen molar-refractivity contribution in [1.29, 1.82) is 0 Å². The molecule has 16 nitrogen and oxygen atoms in total. The van der Waals surface area contributed by atoms with Crippen molar-refractivity contribution in [3.8, 4) is 40.1 Å². The highest BCUT2D eigenvalue weighted by Gasteiger charge is 2.47. The number of phenols is 3. The van der Waals surface area contributed by atoms with Crippen LogP contribution in [0.3, 0.4) is 0 Å². The number of ether oxygens (including phenoxy) is 4. The van der Waals surface area contributed by atoms with E-state index in [1.807, 2.05) is 0 Å². The molecule has 10 N–H and O–H groups in total. The lowest BCUT2D eigenvalue weighted by Crippen LogP contribution is -2.61. The molecular weight excluding hydrogens is 580 g/mol. The average Bonchev–Trinajstić information content (AvgIpc) is 2.97. The van der Waals surface area contributed by atoms with E-state index in [0.717, 1.165) is 0 Å². The summed E-state index contributed by atoms with van der Waals surface area (Å²) in [7, 11) is 0. The number of aliphatic hydroxyl groups is 6. The van der Waals surface area contributed by atoms with Gasteiger partial charge in [0.25, 0.3) is 0 Å². The first-order valence-electron chi connectivity index (χ1n) is 13.0. The van der Waals surface area contributed by atoms with Crippen LogP contribution in [0.2, 0.25) is 0 Å².